The van der Waals surface area contributed by atoms with E-state index >= 15 is 0 Å². The molecule has 1 amide bonds. The van der Waals surface area contributed by atoms with E-state index in [2.05, 4.69) is 5.32 Å². The van der Waals surface area contributed by atoms with Gasteiger partial charge in [0.2, 0.25) is 0 Å². The molecule has 0 spiro atoms. The number of benzene rings is 1. The number of hydrogen-bond acceptors (Lipinski definition) is 2. The highest BCUT2D eigenvalue weighted by molar-refractivity contribution is 5.80. The Bertz CT molecular complexity index is 421. The Morgan fingerprint density at radius 1 is 1.37 bits per heavy atom. The molecule has 0 aromatic heterocycles. The van der Waals surface area contributed by atoms with E-state index in [-0.39, 0.29) is 5.91 Å². The van der Waals surface area contributed by atoms with Crippen LogP contribution >= 0.6 is 0 Å². The number of likely N-dealkylation sites (N-methyl/N-ethyl adjacent to an activating group) is 1. The SMILES string of the molecule is CCNC(=O)[C@@H]1CCCC[N@@+]1([O-])Cc1ccccc1. The van der Waals surface area contributed by atoms with Gasteiger partial charge in [-0.2, -0.15) is 0 Å². The zero-order chi connectivity index (χ0) is 13.7. The van der Waals surface area contributed by atoms with Crippen molar-refractivity contribution in [3.8, 4) is 0 Å². The third-order valence-electron chi connectivity index (χ3n) is 3.78. The molecule has 0 radical (unpaired) electrons. The summed E-state index contributed by atoms with van der Waals surface area (Å²) in [5.74, 6) is -0.0897. The lowest BCUT2D eigenvalue weighted by atomic mass is 9.99. The van der Waals surface area contributed by atoms with Crippen LogP contribution < -0.4 is 5.32 Å². The van der Waals surface area contributed by atoms with E-state index in [1.54, 1.807) is 0 Å². The third kappa shape index (κ3) is 3.33. The minimum absolute atomic E-state index is 0.0897. The molecule has 1 aromatic rings. The van der Waals surface area contributed by atoms with Crippen molar-refractivity contribution >= 4 is 5.91 Å². The standard InChI is InChI=1S/C15H22N2O2/c1-2-16-15(18)14-10-6-7-11-17(14,19)12-13-8-4-3-5-9-13/h3-5,8-9,14H,2,6-7,10-12H2,1H3,(H,16,18)/t14-,17+/m0/s1. The number of rotatable bonds is 4. The average molecular weight is 262 g/mol. The first kappa shape index (κ1) is 14.0. The molecule has 2 atom stereocenters. The fraction of sp³-hybridized carbons (Fsp3) is 0.533. The number of carbonyl (C=O) groups excluding carboxylic acids is 1. The van der Waals surface area contributed by atoms with Crippen molar-refractivity contribution in [3.05, 3.63) is 41.1 Å². The largest absolute Gasteiger partial charge is 0.632 e. The number of piperidine rings is 1. The second-order valence-electron chi connectivity index (χ2n) is 5.23. The summed E-state index contributed by atoms with van der Waals surface area (Å²) in [7, 11) is 0. The van der Waals surface area contributed by atoms with Crippen LogP contribution in [0.5, 0.6) is 0 Å². The van der Waals surface area contributed by atoms with Gasteiger partial charge in [0, 0.05) is 18.5 Å². The summed E-state index contributed by atoms with van der Waals surface area (Å²) in [6, 6.07) is 9.28. The van der Waals surface area contributed by atoms with Crippen LogP contribution in [0.4, 0.5) is 0 Å². The van der Waals surface area contributed by atoms with Gasteiger partial charge in [0.1, 0.15) is 6.54 Å². The number of amides is 1. The van der Waals surface area contributed by atoms with Crippen LogP contribution in [0.1, 0.15) is 31.7 Å². The van der Waals surface area contributed by atoms with Gasteiger partial charge < -0.3 is 15.2 Å². The minimum Gasteiger partial charge on any atom is -0.632 e. The molecule has 0 aliphatic carbocycles. The van der Waals surface area contributed by atoms with Gasteiger partial charge in [-0.3, -0.25) is 4.79 Å². The number of nitrogens with zero attached hydrogens (tertiary/aromatic N) is 1. The molecule has 1 heterocycles. The highest BCUT2D eigenvalue weighted by atomic mass is 16.5. The first-order valence-electron chi connectivity index (χ1n) is 7.05. The lowest BCUT2D eigenvalue weighted by Crippen LogP contribution is -2.59. The molecule has 104 valence electrons. The highest BCUT2D eigenvalue weighted by Gasteiger charge is 2.37. The molecule has 4 nitrogen and oxygen atoms in total. The number of hydrogen-bond donors (Lipinski definition) is 1. The lowest BCUT2D eigenvalue weighted by Gasteiger charge is -2.50. The fourth-order valence-corrected chi connectivity index (χ4v) is 2.83. The van der Waals surface area contributed by atoms with E-state index < -0.39 is 10.7 Å². The van der Waals surface area contributed by atoms with E-state index in [0.29, 0.717) is 26.1 Å². The average Bonchev–Trinajstić information content (AvgIpc) is 2.40. The van der Waals surface area contributed by atoms with Crippen molar-refractivity contribution in [2.75, 3.05) is 13.1 Å². The van der Waals surface area contributed by atoms with Crippen LogP contribution in [-0.2, 0) is 11.3 Å². The zero-order valence-electron chi connectivity index (χ0n) is 11.5. The summed E-state index contributed by atoms with van der Waals surface area (Å²) in [5, 5.41) is 15.8. The van der Waals surface area contributed by atoms with Gasteiger partial charge in [-0.15, -0.1) is 0 Å². The predicted octanol–water partition coefficient (Wildman–Crippen LogP) is 2.19. The van der Waals surface area contributed by atoms with E-state index in [9.17, 15) is 10.0 Å². The molecule has 0 bridgehead atoms. The van der Waals surface area contributed by atoms with Crippen LogP contribution in [0.2, 0.25) is 0 Å². The second kappa shape index (κ2) is 6.17. The van der Waals surface area contributed by atoms with Crippen LogP contribution in [-0.4, -0.2) is 29.7 Å². The fourth-order valence-electron chi connectivity index (χ4n) is 2.83. The molecule has 19 heavy (non-hydrogen) atoms. The third-order valence-corrected chi connectivity index (χ3v) is 3.78. The summed E-state index contributed by atoms with van der Waals surface area (Å²) >= 11 is 0. The lowest BCUT2D eigenvalue weighted by molar-refractivity contribution is -0.914. The Morgan fingerprint density at radius 3 is 2.79 bits per heavy atom. The summed E-state index contributed by atoms with van der Waals surface area (Å²) < 4.78 is -0.407. The van der Waals surface area contributed by atoms with Crippen molar-refractivity contribution < 1.29 is 9.44 Å². The summed E-state index contributed by atoms with van der Waals surface area (Å²) in [5.41, 5.74) is 1.01. The molecule has 0 saturated carbocycles. The number of hydroxylamine groups is 3. The molecular weight excluding hydrogens is 240 g/mol. The van der Waals surface area contributed by atoms with E-state index in [0.717, 1.165) is 18.4 Å². The Hall–Kier alpha value is -1.39. The Balaban J connectivity index is 2.14. The molecule has 1 aliphatic rings. The van der Waals surface area contributed by atoms with Gasteiger partial charge in [0.25, 0.3) is 5.91 Å². The molecule has 2 rings (SSSR count). The number of quaternary nitrogens is 1. The Morgan fingerprint density at radius 2 is 2.11 bits per heavy atom. The molecule has 1 aliphatic heterocycles. The van der Waals surface area contributed by atoms with Crippen LogP contribution in [0.25, 0.3) is 0 Å². The van der Waals surface area contributed by atoms with Crippen LogP contribution in [0, 0.1) is 5.21 Å². The Kier molecular flexibility index (Phi) is 4.56. The van der Waals surface area contributed by atoms with Gasteiger partial charge in [-0.05, 0) is 19.8 Å². The molecule has 4 heteroatoms. The summed E-state index contributed by atoms with van der Waals surface area (Å²) in [6.45, 7) is 3.40. The summed E-state index contributed by atoms with van der Waals surface area (Å²) in [6.07, 6.45) is 2.58. The van der Waals surface area contributed by atoms with Crippen molar-refractivity contribution in [1.29, 1.82) is 0 Å². The first-order chi connectivity index (χ1) is 9.15. The van der Waals surface area contributed by atoms with Crippen molar-refractivity contribution in [2.24, 2.45) is 0 Å². The van der Waals surface area contributed by atoms with E-state index in [4.69, 9.17) is 0 Å². The monoisotopic (exact) mass is 262 g/mol. The van der Waals surface area contributed by atoms with Crippen molar-refractivity contribution in [2.45, 2.75) is 38.8 Å². The molecule has 0 unspecified atom stereocenters. The van der Waals surface area contributed by atoms with Gasteiger partial charge >= 0.3 is 0 Å². The molecule has 1 fully saturated rings. The molecular formula is C15H22N2O2. The van der Waals surface area contributed by atoms with Crippen LogP contribution in [0.15, 0.2) is 30.3 Å². The highest BCUT2D eigenvalue weighted by Crippen LogP contribution is 2.27. The van der Waals surface area contributed by atoms with Gasteiger partial charge in [-0.1, -0.05) is 30.3 Å². The van der Waals surface area contributed by atoms with Crippen molar-refractivity contribution in [1.82, 2.24) is 5.32 Å². The normalized spacial score (nSPS) is 26.9. The van der Waals surface area contributed by atoms with E-state index in [1.807, 2.05) is 37.3 Å². The number of carbonyl (C=O) groups is 1. The number of likely N-dealkylation sites (tertiary alicyclic amines) is 1. The maximum absolute atomic E-state index is 13.0. The van der Waals surface area contributed by atoms with Gasteiger partial charge in [0.15, 0.2) is 6.04 Å². The van der Waals surface area contributed by atoms with Crippen molar-refractivity contribution in [3.63, 3.8) is 0 Å². The number of nitrogens with one attached hydrogen (secondary N) is 1. The maximum Gasteiger partial charge on any atom is 0.278 e. The topological polar surface area (TPSA) is 52.2 Å². The maximum atomic E-state index is 13.0. The zero-order valence-corrected chi connectivity index (χ0v) is 11.5. The quantitative estimate of drug-likeness (QED) is 0.668. The minimum atomic E-state index is -0.450. The Labute approximate surface area is 114 Å². The smallest absolute Gasteiger partial charge is 0.278 e. The van der Waals surface area contributed by atoms with Gasteiger partial charge in [-0.25, -0.2) is 0 Å². The van der Waals surface area contributed by atoms with Gasteiger partial charge in [0.05, 0.1) is 6.54 Å². The molecule has 1 aromatic carbocycles. The first-order valence-corrected chi connectivity index (χ1v) is 7.05. The molecule has 1 saturated heterocycles. The summed E-state index contributed by atoms with van der Waals surface area (Å²) in [4.78, 5) is 12.1. The second-order valence-corrected chi connectivity index (χ2v) is 5.23. The van der Waals surface area contributed by atoms with Crippen LogP contribution in [0.3, 0.4) is 0 Å². The molecule has 1 N–H and O–H groups in total. The van der Waals surface area contributed by atoms with E-state index in [1.165, 1.54) is 0 Å². The predicted molar refractivity (Wildman–Crippen MR) is 75.0 cm³/mol.